The van der Waals surface area contributed by atoms with Crippen LogP contribution in [0.25, 0.3) is 10.9 Å². The van der Waals surface area contributed by atoms with Gasteiger partial charge in [0.2, 0.25) is 5.91 Å². The number of aromatic nitrogens is 1. The molecule has 0 bridgehead atoms. The molecule has 0 unspecified atom stereocenters. The van der Waals surface area contributed by atoms with E-state index in [0.717, 1.165) is 36.6 Å². The number of para-hydroxylation sites is 1. The molecule has 1 aliphatic carbocycles. The van der Waals surface area contributed by atoms with Crippen LogP contribution in [0.4, 0.5) is 0 Å². The lowest BCUT2D eigenvalue weighted by Crippen LogP contribution is -2.44. The Balaban J connectivity index is 1.53. The van der Waals surface area contributed by atoms with Crippen molar-refractivity contribution in [3.05, 3.63) is 35.0 Å². The van der Waals surface area contributed by atoms with Crippen LogP contribution >= 0.6 is 11.6 Å². The first-order valence-electron chi connectivity index (χ1n) is 8.64. The molecule has 3 rings (SSSR count). The smallest absolute Gasteiger partial charge is 0.267 e. The van der Waals surface area contributed by atoms with Crippen molar-refractivity contribution >= 4 is 34.3 Å². The van der Waals surface area contributed by atoms with Crippen molar-refractivity contribution in [1.82, 2.24) is 15.6 Å². The van der Waals surface area contributed by atoms with E-state index in [0.29, 0.717) is 23.7 Å². The molecule has 1 fully saturated rings. The molecule has 1 heterocycles. The number of benzene rings is 1. The molecule has 2 amide bonds. The van der Waals surface area contributed by atoms with Gasteiger partial charge in [-0.2, -0.15) is 0 Å². The van der Waals surface area contributed by atoms with Gasteiger partial charge in [-0.25, -0.2) is 0 Å². The molecule has 134 valence electrons. The minimum absolute atomic E-state index is 0.00457. The summed E-state index contributed by atoms with van der Waals surface area (Å²) in [7, 11) is 0. The van der Waals surface area contributed by atoms with Crippen molar-refractivity contribution in [2.75, 3.05) is 6.54 Å². The van der Waals surface area contributed by atoms with Crippen molar-refractivity contribution in [2.24, 2.45) is 5.73 Å². The van der Waals surface area contributed by atoms with Gasteiger partial charge in [0.05, 0.1) is 10.5 Å². The van der Waals surface area contributed by atoms with Crippen molar-refractivity contribution in [1.29, 1.82) is 0 Å². The number of fused-ring (bicyclic) bond motifs is 1. The fourth-order valence-electron chi connectivity index (χ4n) is 3.32. The van der Waals surface area contributed by atoms with Gasteiger partial charge in [0.1, 0.15) is 5.69 Å². The summed E-state index contributed by atoms with van der Waals surface area (Å²) in [6, 6.07) is 7.69. The van der Waals surface area contributed by atoms with Crippen molar-refractivity contribution < 1.29 is 9.59 Å². The number of amides is 2. The molecule has 0 atom stereocenters. The summed E-state index contributed by atoms with van der Waals surface area (Å²) in [6.07, 6.45) is 3.78. The van der Waals surface area contributed by atoms with Crippen LogP contribution in [0.15, 0.2) is 24.3 Å². The Kier molecular flexibility index (Phi) is 5.60. The molecule has 1 aromatic carbocycles. The summed E-state index contributed by atoms with van der Waals surface area (Å²) >= 11 is 6.14. The van der Waals surface area contributed by atoms with E-state index in [4.69, 9.17) is 17.3 Å². The van der Waals surface area contributed by atoms with E-state index in [9.17, 15) is 9.59 Å². The standard InChI is InChI=1S/C18H23ClN4O2/c19-14-3-1-2-11-10-15(23-17(11)14)18(25)22-13-6-4-12(5-7-13)21-16(24)8-9-20/h1-3,10,12-13,23H,4-9,20H2,(H,21,24)(H,22,25)/t12-,13-. The number of H-pyrrole nitrogens is 1. The van der Waals surface area contributed by atoms with Gasteiger partial charge >= 0.3 is 0 Å². The normalized spacial score (nSPS) is 20.4. The van der Waals surface area contributed by atoms with E-state index < -0.39 is 0 Å². The number of halogens is 1. The number of hydrogen-bond acceptors (Lipinski definition) is 3. The Morgan fingerprint density at radius 1 is 1.16 bits per heavy atom. The van der Waals surface area contributed by atoms with Gasteiger partial charge in [-0.05, 0) is 37.8 Å². The molecule has 2 aromatic rings. The summed E-state index contributed by atoms with van der Waals surface area (Å²) in [5.74, 6) is -0.118. The Hall–Kier alpha value is -2.05. The summed E-state index contributed by atoms with van der Waals surface area (Å²) < 4.78 is 0. The second-order valence-corrected chi connectivity index (χ2v) is 6.92. The number of rotatable bonds is 5. The monoisotopic (exact) mass is 362 g/mol. The molecule has 6 nitrogen and oxygen atoms in total. The average molecular weight is 363 g/mol. The first kappa shape index (κ1) is 17.8. The van der Waals surface area contributed by atoms with E-state index in [1.54, 1.807) is 6.07 Å². The first-order chi connectivity index (χ1) is 12.1. The predicted octanol–water partition coefficient (Wildman–Crippen LogP) is 2.33. The Bertz CT molecular complexity index is 766. The molecule has 25 heavy (non-hydrogen) atoms. The van der Waals surface area contributed by atoms with Crippen LogP contribution in [-0.2, 0) is 4.79 Å². The number of nitrogens with one attached hydrogen (secondary N) is 3. The number of carbonyl (C=O) groups is 2. The minimum atomic E-state index is -0.122. The topological polar surface area (TPSA) is 100 Å². The first-order valence-corrected chi connectivity index (χ1v) is 9.02. The molecule has 0 radical (unpaired) electrons. The van der Waals surface area contributed by atoms with Gasteiger partial charge in [0, 0.05) is 30.4 Å². The van der Waals surface area contributed by atoms with Crippen molar-refractivity contribution in [3.8, 4) is 0 Å². The highest BCUT2D eigenvalue weighted by Gasteiger charge is 2.24. The van der Waals surface area contributed by atoms with E-state index in [2.05, 4.69) is 15.6 Å². The summed E-state index contributed by atoms with van der Waals surface area (Å²) in [6.45, 7) is 0.367. The zero-order chi connectivity index (χ0) is 17.8. The summed E-state index contributed by atoms with van der Waals surface area (Å²) in [5.41, 5.74) is 6.68. The molecule has 1 aromatic heterocycles. The van der Waals surface area contributed by atoms with E-state index in [1.807, 2.05) is 18.2 Å². The summed E-state index contributed by atoms with van der Waals surface area (Å²) in [5, 5.41) is 7.59. The average Bonchev–Trinajstić information content (AvgIpc) is 3.03. The van der Waals surface area contributed by atoms with Crippen molar-refractivity contribution in [3.63, 3.8) is 0 Å². The molecule has 0 spiro atoms. The third-order valence-corrected chi connectivity index (χ3v) is 4.96. The molecule has 1 aliphatic rings. The van der Waals surface area contributed by atoms with Crippen LogP contribution in [-0.4, -0.2) is 35.4 Å². The molecule has 7 heteroatoms. The third-order valence-electron chi connectivity index (χ3n) is 4.65. The maximum atomic E-state index is 12.5. The van der Waals surface area contributed by atoms with E-state index in [-0.39, 0.29) is 23.9 Å². The SMILES string of the molecule is NCCC(=O)N[C@H]1CC[C@H](NC(=O)c2cc3cccc(Cl)c3[nH]2)CC1. The van der Waals surface area contributed by atoms with E-state index in [1.165, 1.54) is 0 Å². The van der Waals surface area contributed by atoms with Crippen LogP contribution in [0.1, 0.15) is 42.6 Å². The van der Waals surface area contributed by atoms with Gasteiger partial charge in [0.15, 0.2) is 0 Å². The highest BCUT2D eigenvalue weighted by atomic mass is 35.5. The van der Waals surface area contributed by atoms with Crippen LogP contribution in [0, 0.1) is 0 Å². The van der Waals surface area contributed by atoms with Gasteiger partial charge in [-0.3, -0.25) is 9.59 Å². The second kappa shape index (κ2) is 7.89. The Morgan fingerprint density at radius 3 is 2.48 bits per heavy atom. The maximum Gasteiger partial charge on any atom is 0.267 e. The molecule has 0 aliphatic heterocycles. The third kappa shape index (κ3) is 4.32. The second-order valence-electron chi connectivity index (χ2n) is 6.52. The van der Waals surface area contributed by atoms with E-state index >= 15 is 0 Å². The van der Waals surface area contributed by atoms with Crippen LogP contribution in [0.5, 0.6) is 0 Å². The van der Waals surface area contributed by atoms with Crippen LogP contribution < -0.4 is 16.4 Å². The largest absolute Gasteiger partial charge is 0.353 e. The van der Waals surface area contributed by atoms with Gasteiger partial charge in [-0.15, -0.1) is 0 Å². The minimum Gasteiger partial charge on any atom is -0.353 e. The Labute approximate surface area is 151 Å². The zero-order valence-electron chi connectivity index (χ0n) is 14.0. The highest BCUT2D eigenvalue weighted by Crippen LogP contribution is 2.24. The lowest BCUT2D eigenvalue weighted by Gasteiger charge is -2.29. The van der Waals surface area contributed by atoms with Gasteiger partial charge in [-0.1, -0.05) is 23.7 Å². The number of aromatic amines is 1. The molecular weight excluding hydrogens is 340 g/mol. The van der Waals surface area contributed by atoms with Crippen LogP contribution in [0.3, 0.4) is 0 Å². The maximum absolute atomic E-state index is 12.5. The number of hydrogen-bond donors (Lipinski definition) is 4. The Morgan fingerprint density at radius 2 is 1.84 bits per heavy atom. The molecule has 1 saturated carbocycles. The fraction of sp³-hybridized carbons (Fsp3) is 0.444. The van der Waals surface area contributed by atoms with Gasteiger partial charge < -0.3 is 21.4 Å². The summed E-state index contributed by atoms with van der Waals surface area (Å²) in [4.78, 5) is 27.2. The number of nitrogens with two attached hydrogens (primary N) is 1. The highest BCUT2D eigenvalue weighted by molar-refractivity contribution is 6.35. The number of carbonyl (C=O) groups excluding carboxylic acids is 2. The van der Waals surface area contributed by atoms with Gasteiger partial charge in [0.25, 0.3) is 5.91 Å². The molecular formula is C18H23ClN4O2. The quantitative estimate of drug-likeness (QED) is 0.656. The predicted molar refractivity (Wildman–Crippen MR) is 98.6 cm³/mol. The van der Waals surface area contributed by atoms with Crippen molar-refractivity contribution in [2.45, 2.75) is 44.2 Å². The fourth-order valence-corrected chi connectivity index (χ4v) is 3.55. The zero-order valence-corrected chi connectivity index (χ0v) is 14.7. The van der Waals surface area contributed by atoms with Crippen LogP contribution in [0.2, 0.25) is 5.02 Å². The molecule has 5 N–H and O–H groups in total. The molecule has 0 saturated heterocycles. The lowest BCUT2D eigenvalue weighted by molar-refractivity contribution is -0.121. The lowest BCUT2D eigenvalue weighted by atomic mass is 9.91.